The van der Waals surface area contributed by atoms with Crippen molar-refractivity contribution in [2.75, 3.05) is 19.6 Å². The normalized spacial score (nSPS) is 18.2. The SMILES string of the molecule is Fc1cccc(C2CNCCN2Cc2ncc(-c3ccccc3F)o2)c1. The van der Waals surface area contributed by atoms with Gasteiger partial charge in [-0.25, -0.2) is 13.8 Å². The van der Waals surface area contributed by atoms with Crippen molar-refractivity contribution >= 4 is 0 Å². The van der Waals surface area contributed by atoms with Gasteiger partial charge in [-0.15, -0.1) is 0 Å². The minimum absolute atomic E-state index is 0.0308. The highest BCUT2D eigenvalue weighted by atomic mass is 19.1. The van der Waals surface area contributed by atoms with E-state index in [4.69, 9.17) is 4.42 Å². The number of nitrogens with one attached hydrogen (secondary N) is 1. The number of rotatable bonds is 4. The molecule has 0 aliphatic carbocycles. The van der Waals surface area contributed by atoms with Crippen LogP contribution in [0.1, 0.15) is 17.5 Å². The van der Waals surface area contributed by atoms with Crippen LogP contribution in [0.2, 0.25) is 0 Å². The number of halogens is 2. The Kier molecular flexibility index (Phi) is 4.77. The van der Waals surface area contributed by atoms with Crippen LogP contribution >= 0.6 is 0 Å². The molecule has 0 bridgehead atoms. The molecule has 26 heavy (non-hydrogen) atoms. The van der Waals surface area contributed by atoms with Gasteiger partial charge in [0.15, 0.2) is 5.76 Å². The predicted octanol–water partition coefficient (Wildman–Crippen LogP) is 3.77. The van der Waals surface area contributed by atoms with Gasteiger partial charge in [0.2, 0.25) is 5.89 Å². The van der Waals surface area contributed by atoms with Gasteiger partial charge in [0.05, 0.1) is 18.3 Å². The predicted molar refractivity (Wildman–Crippen MR) is 94.3 cm³/mol. The number of oxazole rings is 1. The summed E-state index contributed by atoms with van der Waals surface area (Å²) in [6.45, 7) is 2.84. The van der Waals surface area contributed by atoms with Gasteiger partial charge in [-0.2, -0.15) is 0 Å². The number of hydrogen-bond acceptors (Lipinski definition) is 4. The maximum Gasteiger partial charge on any atom is 0.209 e. The molecule has 0 amide bonds. The first kappa shape index (κ1) is 16.9. The molecule has 134 valence electrons. The van der Waals surface area contributed by atoms with Crippen LogP contribution in [0.25, 0.3) is 11.3 Å². The lowest BCUT2D eigenvalue weighted by molar-refractivity contribution is 0.140. The summed E-state index contributed by atoms with van der Waals surface area (Å²) in [5.41, 5.74) is 1.31. The van der Waals surface area contributed by atoms with Crippen LogP contribution in [0.4, 0.5) is 8.78 Å². The van der Waals surface area contributed by atoms with Crippen LogP contribution in [0.15, 0.2) is 59.1 Å². The average molecular weight is 355 g/mol. The molecule has 2 heterocycles. The van der Waals surface area contributed by atoms with Crippen LogP contribution in [0.5, 0.6) is 0 Å². The van der Waals surface area contributed by atoms with Crippen molar-refractivity contribution in [1.29, 1.82) is 0 Å². The van der Waals surface area contributed by atoms with Crippen molar-refractivity contribution < 1.29 is 13.2 Å². The van der Waals surface area contributed by atoms with Gasteiger partial charge in [-0.1, -0.05) is 24.3 Å². The third kappa shape index (κ3) is 3.52. The summed E-state index contributed by atoms with van der Waals surface area (Å²) in [5, 5.41) is 3.34. The average Bonchev–Trinajstić information content (AvgIpc) is 3.11. The highest BCUT2D eigenvalue weighted by molar-refractivity contribution is 5.56. The van der Waals surface area contributed by atoms with Crippen LogP contribution < -0.4 is 5.32 Å². The minimum atomic E-state index is -0.338. The number of benzene rings is 2. The lowest BCUT2D eigenvalue weighted by Gasteiger charge is -2.35. The Morgan fingerprint density at radius 3 is 2.88 bits per heavy atom. The van der Waals surface area contributed by atoms with E-state index in [1.54, 1.807) is 36.5 Å². The van der Waals surface area contributed by atoms with E-state index in [0.29, 0.717) is 23.8 Å². The van der Waals surface area contributed by atoms with Gasteiger partial charge >= 0.3 is 0 Å². The van der Waals surface area contributed by atoms with E-state index in [9.17, 15) is 8.78 Å². The first-order chi connectivity index (χ1) is 12.7. The molecule has 0 spiro atoms. The Labute approximate surface area is 150 Å². The van der Waals surface area contributed by atoms with Crippen LogP contribution in [0.3, 0.4) is 0 Å². The molecule has 1 fully saturated rings. The molecule has 3 aromatic rings. The third-order valence-corrected chi connectivity index (χ3v) is 4.62. The van der Waals surface area contributed by atoms with E-state index >= 15 is 0 Å². The van der Waals surface area contributed by atoms with Crippen LogP contribution in [0, 0.1) is 11.6 Å². The second-order valence-corrected chi connectivity index (χ2v) is 6.34. The summed E-state index contributed by atoms with van der Waals surface area (Å²) in [6.07, 6.45) is 1.55. The largest absolute Gasteiger partial charge is 0.439 e. The van der Waals surface area contributed by atoms with E-state index < -0.39 is 0 Å². The molecule has 1 aliphatic rings. The fourth-order valence-corrected chi connectivity index (χ4v) is 3.32. The molecular formula is C20H19F2N3O. The maximum atomic E-state index is 13.9. The first-order valence-electron chi connectivity index (χ1n) is 8.60. The molecule has 4 nitrogen and oxygen atoms in total. The Morgan fingerprint density at radius 1 is 1.15 bits per heavy atom. The summed E-state index contributed by atoms with van der Waals surface area (Å²) in [7, 11) is 0. The number of aromatic nitrogens is 1. The molecule has 4 rings (SSSR count). The summed E-state index contributed by atoms with van der Waals surface area (Å²) in [6, 6.07) is 13.1. The maximum absolute atomic E-state index is 13.9. The van der Waals surface area contributed by atoms with Gasteiger partial charge in [0.1, 0.15) is 11.6 Å². The fourth-order valence-electron chi connectivity index (χ4n) is 3.32. The molecule has 2 aromatic carbocycles. The van der Waals surface area contributed by atoms with Gasteiger partial charge in [0.25, 0.3) is 0 Å². The van der Waals surface area contributed by atoms with Gasteiger partial charge < -0.3 is 9.73 Å². The summed E-state index contributed by atoms with van der Waals surface area (Å²) < 4.78 is 33.3. The zero-order valence-electron chi connectivity index (χ0n) is 14.2. The lowest BCUT2D eigenvalue weighted by Crippen LogP contribution is -2.45. The Hall–Kier alpha value is -2.57. The second-order valence-electron chi connectivity index (χ2n) is 6.34. The molecule has 0 saturated carbocycles. The topological polar surface area (TPSA) is 41.3 Å². The highest BCUT2D eigenvalue weighted by Gasteiger charge is 2.25. The lowest BCUT2D eigenvalue weighted by atomic mass is 10.0. The van der Waals surface area contributed by atoms with Crippen LogP contribution in [-0.4, -0.2) is 29.5 Å². The van der Waals surface area contributed by atoms with Gasteiger partial charge in [-0.3, -0.25) is 4.90 Å². The molecule has 1 atom stereocenters. The summed E-state index contributed by atoms with van der Waals surface area (Å²) in [4.78, 5) is 6.50. The molecule has 0 radical (unpaired) electrons. The van der Waals surface area contributed by atoms with E-state index in [0.717, 1.165) is 25.2 Å². The third-order valence-electron chi connectivity index (χ3n) is 4.62. The number of piperazine rings is 1. The minimum Gasteiger partial charge on any atom is -0.439 e. The molecule has 6 heteroatoms. The van der Waals surface area contributed by atoms with Crippen molar-refractivity contribution in [2.45, 2.75) is 12.6 Å². The Bertz CT molecular complexity index is 896. The smallest absolute Gasteiger partial charge is 0.209 e. The monoisotopic (exact) mass is 355 g/mol. The van der Waals surface area contributed by atoms with Crippen molar-refractivity contribution in [2.24, 2.45) is 0 Å². The fraction of sp³-hybridized carbons (Fsp3) is 0.250. The van der Waals surface area contributed by atoms with E-state index in [1.165, 1.54) is 12.1 Å². The van der Waals surface area contributed by atoms with Crippen molar-refractivity contribution in [1.82, 2.24) is 15.2 Å². The van der Waals surface area contributed by atoms with E-state index in [1.807, 2.05) is 6.07 Å². The first-order valence-corrected chi connectivity index (χ1v) is 8.60. The van der Waals surface area contributed by atoms with E-state index in [2.05, 4.69) is 15.2 Å². The quantitative estimate of drug-likeness (QED) is 0.774. The Morgan fingerprint density at radius 2 is 2.04 bits per heavy atom. The van der Waals surface area contributed by atoms with Gasteiger partial charge in [0, 0.05) is 25.7 Å². The van der Waals surface area contributed by atoms with Gasteiger partial charge in [-0.05, 0) is 29.8 Å². The standard InChI is InChI=1S/C20H19F2N3O/c21-15-5-3-4-14(10-15)18-11-23-8-9-25(18)13-20-24-12-19(26-20)16-6-1-2-7-17(16)22/h1-7,10,12,18,23H,8-9,11,13H2. The zero-order valence-corrected chi connectivity index (χ0v) is 14.2. The summed E-state index contributed by atoms with van der Waals surface area (Å²) >= 11 is 0. The summed E-state index contributed by atoms with van der Waals surface area (Å²) in [5.74, 6) is 0.350. The van der Waals surface area contributed by atoms with Crippen molar-refractivity contribution in [3.8, 4) is 11.3 Å². The van der Waals surface area contributed by atoms with Crippen molar-refractivity contribution in [3.05, 3.63) is 77.8 Å². The van der Waals surface area contributed by atoms with E-state index in [-0.39, 0.29) is 17.7 Å². The number of nitrogens with zero attached hydrogens (tertiary/aromatic N) is 2. The van der Waals surface area contributed by atoms with Crippen molar-refractivity contribution in [3.63, 3.8) is 0 Å². The highest BCUT2D eigenvalue weighted by Crippen LogP contribution is 2.27. The zero-order chi connectivity index (χ0) is 17.9. The molecule has 1 N–H and O–H groups in total. The second kappa shape index (κ2) is 7.35. The van der Waals surface area contributed by atoms with Crippen LogP contribution in [-0.2, 0) is 6.54 Å². The molecule has 1 unspecified atom stereocenters. The molecule has 1 aromatic heterocycles. The molecule has 1 saturated heterocycles. The molecule has 1 aliphatic heterocycles. The Balaban J connectivity index is 1.55. The molecular weight excluding hydrogens is 336 g/mol. The number of hydrogen-bond donors (Lipinski definition) is 1.